The largest absolute Gasteiger partial charge is 0.354 e. The highest BCUT2D eigenvalue weighted by Gasteiger charge is 2.19. The van der Waals surface area contributed by atoms with Gasteiger partial charge in [0.05, 0.1) is 12.1 Å². The van der Waals surface area contributed by atoms with Crippen LogP contribution in [0.25, 0.3) is 10.9 Å². The number of aromatic nitrogens is 1. The Morgan fingerprint density at radius 2 is 1.71 bits per heavy atom. The predicted molar refractivity (Wildman–Crippen MR) is 90.5 cm³/mol. The summed E-state index contributed by atoms with van der Waals surface area (Å²) in [6.45, 7) is 12.8. The molecule has 0 radical (unpaired) electrons. The average molecular weight is 284 g/mol. The zero-order valence-electron chi connectivity index (χ0n) is 13.8. The topological polar surface area (TPSA) is 41.4 Å². The molecule has 0 saturated carbocycles. The predicted octanol–water partition coefficient (Wildman–Crippen LogP) is 3.09. The van der Waals surface area contributed by atoms with Crippen LogP contribution in [0, 0.1) is 34.6 Å². The Kier molecular flexibility index (Phi) is 3.19. The second-order valence-electron chi connectivity index (χ2n) is 6.03. The van der Waals surface area contributed by atoms with Gasteiger partial charge in [0.15, 0.2) is 5.96 Å². The first-order valence-corrected chi connectivity index (χ1v) is 7.54. The summed E-state index contributed by atoms with van der Waals surface area (Å²) in [4.78, 5) is 4.46. The van der Waals surface area contributed by atoms with Gasteiger partial charge in [0.2, 0.25) is 0 Å². The van der Waals surface area contributed by atoms with Gasteiger partial charge in [-0.15, -0.1) is 0 Å². The summed E-state index contributed by atoms with van der Waals surface area (Å²) in [5.74, 6) is 0.894. The lowest BCUT2D eigenvalue weighted by molar-refractivity contribution is 0.906. The number of anilines is 1. The van der Waals surface area contributed by atoms with Crippen LogP contribution in [0.15, 0.2) is 4.99 Å². The number of aliphatic imine (C=N–C) groups is 1. The molecule has 2 aromatic rings. The molecular weight excluding hydrogens is 260 g/mol. The molecule has 1 aliphatic heterocycles. The van der Waals surface area contributed by atoms with Crippen LogP contribution in [0.1, 0.15) is 27.9 Å². The van der Waals surface area contributed by atoms with Crippen molar-refractivity contribution in [1.82, 2.24) is 9.88 Å². The number of nitrogens with one attached hydrogen (secondary N) is 2. The lowest BCUT2D eigenvalue weighted by Gasteiger charge is -2.17. The number of rotatable bonds is 1. The highest BCUT2D eigenvalue weighted by molar-refractivity contribution is 6.02. The van der Waals surface area contributed by atoms with E-state index in [1.807, 2.05) is 0 Å². The maximum atomic E-state index is 4.46. The van der Waals surface area contributed by atoms with Gasteiger partial charge in [-0.1, -0.05) is 0 Å². The van der Waals surface area contributed by atoms with Gasteiger partial charge >= 0.3 is 0 Å². The first kappa shape index (κ1) is 14.0. The lowest BCUT2D eigenvalue weighted by Crippen LogP contribution is -2.27. The van der Waals surface area contributed by atoms with E-state index in [1.54, 1.807) is 0 Å². The van der Waals surface area contributed by atoms with E-state index in [4.69, 9.17) is 0 Å². The fourth-order valence-corrected chi connectivity index (χ4v) is 3.40. The zero-order chi connectivity index (χ0) is 15.3. The molecule has 1 aromatic carbocycles. The summed E-state index contributed by atoms with van der Waals surface area (Å²) in [5.41, 5.74) is 9.22. The summed E-state index contributed by atoms with van der Waals surface area (Å²) < 4.78 is 2.31. The van der Waals surface area contributed by atoms with Gasteiger partial charge in [0, 0.05) is 30.4 Å². The fourth-order valence-electron chi connectivity index (χ4n) is 3.40. The van der Waals surface area contributed by atoms with Crippen molar-refractivity contribution in [1.29, 1.82) is 0 Å². The Bertz CT molecular complexity index is 765. The molecule has 21 heavy (non-hydrogen) atoms. The monoisotopic (exact) mass is 284 g/mol. The normalized spacial score (nSPS) is 14.5. The molecular formula is C17H24N4. The first-order chi connectivity index (χ1) is 9.93. The Hall–Kier alpha value is -1.97. The molecule has 0 spiro atoms. The molecule has 2 N–H and O–H groups in total. The molecule has 0 aliphatic carbocycles. The van der Waals surface area contributed by atoms with E-state index in [2.05, 4.69) is 61.9 Å². The van der Waals surface area contributed by atoms with E-state index in [-0.39, 0.29) is 0 Å². The van der Waals surface area contributed by atoms with Crippen molar-refractivity contribution in [2.75, 3.05) is 18.4 Å². The van der Waals surface area contributed by atoms with Gasteiger partial charge in [-0.2, -0.15) is 0 Å². The molecule has 0 unspecified atom stereocenters. The van der Waals surface area contributed by atoms with Crippen molar-refractivity contribution in [3.63, 3.8) is 0 Å². The van der Waals surface area contributed by atoms with Gasteiger partial charge < -0.3 is 15.2 Å². The second-order valence-corrected chi connectivity index (χ2v) is 6.03. The van der Waals surface area contributed by atoms with Gasteiger partial charge in [-0.3, -0.25) is 4.99 Å². The van der Waals surface area contributed by atoms with E-state index in [9.17, 15) is 0 Å². The number of nitrogens with zero attached hydrogens (tertiary/aromatic N) is 2. The Balaban J connectivity index is 2.28. The van der Waals surface area contributed by atoms with E-state index < -0.39 is 0 Å². The molecule has 1 aromatic heterocycles. The van der Waals surface area contributed by atoms with Crippen LogP contribution in [0.3, 0.4) is 0 Å². The van der Waals surface area contributed by atoms with E-state index in [0.717, 1.165) is 19.0 Å². The number of hydrogen-bond acceptors (Lipinski definition) is 3. The molecule has 4 heteroatoms. The van der Waals surface area contributed by atoms with Crippen molar-refractivity contribution in [2.45, 2.75) is 34.6 Å². The van der Waals surface area contributed by atoms with Gasteiger partial charge in [-0.05, 0) is 56.9 Å². The molecule has 0 saturated heterocycles. The first-order valence-electron chi connectivity index (χ1n) is 7.54. The second kappa shape index (κ2) is 4.79. The van der Waals surface area contributed by atoms with Crippen LogP contribution >= 0.6 is 0 Å². The van der Waals surface area contributed by atoms with E-state index >= 15 is 0 Å². The van der Waals surface area contributed by atoms with E-state index in [0.29, 0.717) is 0 Å². The molecule has 4 nitrogen and oxygen atoms in total. The zero-order valence-corrected chi connectivity index (χ0v) is 13.8. The third-order valence-electron chi connectivity index (χ3n) is 4.95. The summed E-state index contributed by atoms with van der Waals surface area (Å²) in [7, 11) is 2.16. The minimum absolute atomic E-state index is 0.852. The number of aryl methyl sites for hydroxylation is 4. The highest BCUT2D eigenvalue weighted by atomic mass is 15.2. The minimum atomic E-state index is 0.852. The number of fused-ring (bicyclic) bond motifs is 1. The van der Waals surface area contributed by atoms with Crippen LogP contribution in [0.5, 0.6) is 0 Å². The van der Waals surface area contributed by atoms with Crippen LogP contribution in [-0.2, 0) is 7.05 Å². The SMILES string of the molecule is Cc1c(NC2=NCCN2)c(C)c2c(C)c(C)n(C)c2c1C. The molecule has 112 valence electrons. The minimum Gasteiger partial charge on any atom is -0.354 e. The summed E-state index contributed by atoms with van der Waals surface area (Å²) in [5, 5.41) is 8.16. The van der Waals surface area contributed by atoms with Crippen LogP contribution in [-0.4, -0.2) is 23.6 Å². The molecule has 1 aliphatic rings. The van der Waals surface area contributed by atoms with Gasteiger partial charge in [0.1, 0.15) is 0 Å². The number of guanidine groups is 1. The van der Waals surface area contributed by atoms with Gasteiger partial charge in [-0.25, -0.2) is 0 Å². The smallest absolute Gasteiger partial charge is 0.195 e. The van der Waals surface area contributed by atoms with Crippen molar-refractivity contribution in [3.8, 4) is 0 Å². The van der Waals surface area contributed by atoms with Crippen LogP contribution in [0.2, 0.25) is 0 Å². The van der Waals surface area contributed by atoms with E-state index in [1.165, 1.54) is 44.5 Å². The van der Waals surface area contributed by atoms with Crippen LogP contribution in [0.4, 0.5) is 5.69 Å². The molecule has 0 atom stereocenters. The number of benzene rings is 1. The van der Waals surface area contributed by atoms with Crippen molar-refractivity contribution < 1.29 is 0 Å². The van der Waals surface area contributed by atoms with Crippen molar-refractivity contribution >= 4 is 22.5 Å². The molecule has 0 fully saturated rings. The Morgan fingerprint density at radius 3 is 2.33 bits per heavy atom. The standard InChI is InChI=1S/C17H24N4/c1-9-10(2)16-14(11(3)13(5)21(16)6)12(4)15(9)20-17-18-7-8-19-17/h7-8H2,1-6H3,(H2,18,19,20). The summed E-state index contributed by atoms with van der Waals surface area (Å²) in [6, 6.07) is 0. The maximum Gasteiger partial charge on any atom is 0.195 e. The third-order valence-corrected chi connectivity index (χ3v) is 4.95. The number of hydrogen-bond donors (Lipinski definition) is 2. The van der Waals surface area contributed by atoms with Gasteiger partial charge in [0.25, 0.3) is 0 Å². The Labute approximate surface area is 126 Å². The fraction of sp³-hybridized carbons (Fsp3) is 0.471. The van der Waals surface area contributed by atoms with Crippen LogP contribution < -0.4 is 10.6 Å². The summed E-state index contributed by atoms with van der Waals surface area (Å²) in [6.07, 6.45) is 0. The summed E-state index contributed by atoms with van der Waals surface area (Å²) >= 11 is 0. The van der Waals surface area contributed by atoms with Crippen molar-refractivity contribution in [3.05, 3.63) is 27.9 Å². The quantitative estimate of drug-likeness (QED) is 0.845. The highest BCUT2D eigenvalue weighted by Crippen LogP contribution is 2.37. The molecule has 0 bridgehead atoms. The Morgan fingerprint density at radius 1 is 1.00 bits per heavy atom. The third kappa shape index (κ3) is 1.93. The average Bonchev–Trinajstić information content (AvgIpc) is 3.04. The molecule has 3 rings (SSSR count). The molecule has 0 amide bonds. The van der Waals surface area contributed by atoms with Crippen molar-refractivity contribution in [2.24, 2.45) is 12.0 Å². The molecule has 2 heterocycles. The lowest BCUT2D eigenvalue weighted by atomic mass is 9.97. The maximum absolute atomic E-state index is 4.46.